The average molecular weight is 222 g/mol. The Morgan fingerprint density at radius 1 is 1.31 bits per heavy atom. The van der Waals surface area contributed by atoms with Crippen molar-refractivity contribution in [2.24, 2.45) is 0 Å². The van der Waals surface area contributed by atoms with E-state index in [2.05, 4.69) is 29.2 Å². The summed E-state index contributed by atoms with van der Waals surface area (Å²) in [7, 11) is 1.34. The molecule has 0 saturated carbocycles. The molecular formula is C12H18N2O2. The van der Waals surface area contributed by atoms with E-state index in [1.165, 1.54) is 7.11 Å². The first-order valence-electron chi connectivity index (χ1n) is 5.37. The molecule has 0 fully saturated rings. The molecule has 1 rings (SSSR count). The highest BCUT2D eigenvalue weighted by molar-refractivity contribution is 5.84. The number of ether oxygens (including phenoxy) is 1. The number of nitrogens with one attached hydrogen (secondary N) is 2. The van der Waals surface area contributed by atoms with Gasteiger partial charge in [-0.05, 0) is 37.6 Å². The lowest BCUT2D eigenvalue weighted by Crippen LogP contribution is -2.13. The summed E-state index contributed by atoms with van der Waals surface area (Å²) in [6.45, 7) is 4.26. The van der Waals surface area contributed by atoms with Crippen LogP contribution >= 0.6 is 0 Å². The summed E-state index contributed by atoms with van der Waals surface area (Å²) in [6.07, 6.45) is 0.616. The molecule has 0 bridgehead atoms. The molecule has 0 heterocycles. The van der Waals surface area contributed by atoms with Crippen molar-refractivity contribution in [1.82, 2.24) is 0 Å². The predicted octanol–water partition coefficient (Wildman–Crippen LogP) is 3.08. The van der Waals surface area contributed by atoms with Gasteiger partial charge in [0.1, 0.15) is 0 Å². The van der Waals surface area contributed by atoms with Crippen LogP contribution in [0.2, 0.25) is 0 Å². The molecule has 4 nitrogen and oxygen atoms in total. The Morgan fingerprint density at radius 2 is 1.88 bits per heavy atom. The van der Waals surface area contributed by atoms with Gasteiger partial charge in [-0.1, -0.05) is 6.92 Å². The first kappa shape index (κ1) is 12.4. The summed E-state index contributed by atoms with van der Waals surface area (Å²) >= 11 is 0. The highest BCUT2D eigenvalue weighted by Gasteiger charge is 2.01. The lowest BCUT2D eigenvalue weighted by molar-refractivity contribution is 0.187. The molecule has 1 aromatic rings. The van der Waals surface area contributed by atoms with E-state index in [-0.39, 0.29) is 0 Å². The van der Waals surface area contributed by atoms with Crippen LogP contribution in [0.25, 0.3) is 0 Å². The van der Waals surface area contributed by atoms with Crippen molar-refractivity contribution in [3.63, 3.8) is 0 Å². The Balaban J connectivity index is 2.57. The SMILES string of the molecule is CCC(C)Nc1ccc(NC(=O)OC)cc1. The van der Waals surface area contributed by atoms with Crippen molar-refractivity contribution in [3.8, 4) is 0 Å². The minimum Gasteiger partial charge on any atom is -0.453 e. The molecule has 4 heteroatoms. The second-order valence-corrected chi connectivity index (χ2v) is 3.65. The van der Waals surface area contributed by atoms with Crippen molar-refractivity contribution in [2.75, 3.05) is 17.7 Å². The first-order chi connectivity index (χ1) is 7.65. The van der Waals surface area contributed by atoms with Gasteiger partial charge < -0.3 is 10.1 Å². The van der Waals surface area contributed by atoms with Gasteiger partial charge in [-0.2, -0.15) is 0 Å². The van der Waals surface area contributed by atoms with Gasteiger partial charge in [0.05, 0.1) is 7.11 Å². The van der Waals surface area contributed by atoms with Gasteiger partial charge in [0, 0.05) is 17.4 Å². The van der Waals surface area contributed by atoms with Crippen LogP contribution in [0.1, 0.15) is 20.3 Å². The Labute approximate surface area is 96.0 Å². The van der Waals surface area contributed by atoms with E-state index in [9.17, 15) is 4.79 Å². The minimum atomic E-state index is -0.456. The van der Waals surface area contributed by atoms with Crippen molar-refractivity contribution >= 4 is 17.5 Å². The normalized spacial score (nSPS) is 11.7. The molecule has 1 atom stereocenters. The molecule has 1 amide bonds. The maximum absolute atomic E-state index is 10.9. The number of hydrogen-bond donors (Lipinski definition) is 2. The molecule has 0 radical (unpaired) electrons. The molecule has 0 spiro atoms. The molecule has 0 saturated heterocycles. The van der Waals surface area contributed by atoms with E-state index in [1.54, 1.807) is 0 Å². The fourth-order valence-corrected chi connectivity index (χ4v) is 1.21. The summed E-state index contributed by atoms with van der Waals surface area (Å²) in [4.78, 5) is 10.9. The summed E-state index contributed by atoms with van der Waals surface area (Å²) in [5.41, 5.74) is 1.77. The number of amides is 1. The second kappa shape index (κ2) is 6.00. The third kappa shape index (κ3) is 3.81. The summed E-state index contributed by atoms with van der Waals surface area (Å²) < 4.78 is 4.50. The molecule has 0 aliphatic heterocycles. The van der Waals surface area contributed by atoms with Crippen LogP contribution in [0.5, 0.6) is 0 Å². The van der Waals surface area contributed by atoms with Crippen LogP contribution in [0.3, 0.4) is 0 Å². The van der Waals surface area contributed by atoms with E-state index >= 15 is 0 Å². The largest absolute Gasteiger partial charge is 0.453 e. The Kier molecular flexibility index (Phi) is 4.64. The molecule has 1 aromatic carbocycles. The summed E-state index contributed by atoms with van der Waals surface area (Å²) in [5.74, 6) is 0. The zero-order chi connectivity index (χ0) is 12.0. The zero-order valence-corrected chi connectivity index (χ0v) is 9.91. The molecule has 0 aliphatic rings. The van der Waals surface area contributed by atoms with Crippen molar-refractivity contribution in [1.29, 1.82) is 0 Å². The number of carbonyl (C=O) groups is 1. The number of carbonyl (C=O) groups excluding carboxylic acids is 1. The van der Waals surface area contributed by atoms with Gasteiger partial charge in [0.25, 0.3) is 0 Å². The molecular weight excluding hydrogens is 204 g/mol. The van der Waals surface area contributed by atoms with E-state index in [0.29, 0.717) is 6.04 Å². The zero-order valence-electron chi connectivity index (χ0n) is 9.91. The maximum atomic E-state index is 10.9. The fourth-order valence-electron chi connectivity index (χ4n) is 1.21. The van der Waals surface area contributed by atoms with Crippen LogP contribution in [-0.4, -0.2) is 19.2 Å². The fraction of sp³-hybridized carbons (Fsp3) is 0.417. The van der Waals surface area contributed by atoms with Gasteiger partial charge >= 0.3 is 6.09 Å². The summed E-state index contributed by atoms with van der Waals surface area (Å²) in [5, 5.41) is 5.94. The molecule has 0 aromatic heterocycles. The first-order valence-corrected chi connectivity index (χ1v) is 5.37. The summed E-state index contributed by atoms with van der Waals surface area (Å²) in [6, 6.07) is 7.97. The monoisotopic (exact) mass is 222 g/mol. The third-order valence-corrected chi connectivity index (χ3v) is 2.34. The molecule has 1 unspecified atom stereocenters. The Morgan fingerprint density at radius 3 is 2.38 bits per heavy atom. The standard InChI is InChI=1S/C12H18N2O2/c1-4-9(2)13-10-5-7-11(8-6-10)14-12(15)16-3/h5-9,13H,4H2,1-3H3,(H,14,15). The lowest BCUT2D eigenvalue weighted by Gasteiger charge is -2.13. The molecule has 88 valence electrons. The predicted molar refractivity (Wildman–Crippen MR) is 65.8 cm³/mol. The van der Waals surface area contributed by atoms with Crippen molar-refractivity contribution < 1.29 is 9.53 Å². The smallest absolute Gasteiger partial charge is 0.411 e. The number of anilines is 2. The van der Waals surface area contributed by atoms with Crippen LogP contribution in [-0.2, 0) is 4.74 Å². The number of benzene rings is 1. The van der Waals surface area contributed by atoms with E-state index in [1.807, 2.05) is 24.3 Å². The van der Waals surface area contributed by atoms with Crippen LogP contribution in [0.4, 0.5) is 16.2 Å². The molecule has 16 heavy (non-hydrogen) atoms. The van der Waals surface area contributed by atoms with E-state index in [4.69, 9.17) is 0 Å². The lowest BCUT2D eigenvalue weighted by atomic mass is 10.2. The average Bonchev–Trinajstić information content (AvgIpc) is 2.31. The van der Waals surface area contributed by atoms with Gasteiger partial charge in [-0.3, -0.25) is 5.32 Å². The van der Waals surface area contributed by atoms with Gasteiger partial charge in [-0.25, -0.2) is 4.79 Å². The quantitative estimate of drug-likeness (QED) is 0.823. The number of methoxy groups -OCH3 is 1. The van der Waals surface area contributed by atoms with Crippen molar-refractivity contribution in [2.45, 2.75) is 26.3 Å². The minimum absolute atomic E-state index is 0.444. The van der Waals surface area contributed by atoms with Crippen molar-refractivity contribution in [3.05, 3.63) is 24.3 Å². The highest BCUT2D eigenvalue weighted by atomic mass is 16.5. The Hall–Kier alpha value is -1.71. The van der Waals surface area contributed by atoms with Crippen LogP contribution in [0.15, 0.2) is 24.3 Å². The maximum Gasteiger partial charge on any atom is 0.411 e. The Bertz CT molecular complexity index is 335. The number of rotatable bonds is 4. The van der Waals surface area contributed by atoms with Crippen LogP contribution in [0, 0.1) is 0 Å². The molecule has 0 aliphatic carbocycles. The van der Waals surface area contributed by atoms with Gasteiger partial charge in [0.15, 0.2) is 0 Å². The highest BCUT2D eigenvalue weighted by Crippen LogP contribution is 2.15. The second-order valence-electron chi connectivity index (χ2n) is 3.65. The molecule has 2 N–H and O–H groups in total. The van der Waals surface area contributed by atoms with Crippen LogP contribution < -0.4 is 10.6 Å². The third-order valence-electron chi connectivity index (χ3n) is 2.34. The number of hydrogen-bond acceptors (Lipinski definition) is 3. The van der Waals surface area contributed by atoms with E-state index in [0.717, 1.165) is 17.8 Å². The van der Waals surface area contributed by atoms with Gasteiger partial charge in [0.2, 0.25) is 0 Å². The van der Waals surface area contributed by atoms with Gasteiger partial charge in [-0.15, -0.1) is 0 Å². The van der Waals surface area contributed by atoms with E-state index < -0.39 is 6.09 Å². The topological polar surface area (TPSA) is 50.4 Å².